The van der Waals surface area contributed by atoms with Gasteiger partial charge >= 0.3 is 0 Å². The molecular formula is C8H10N6S2. The lowest BCUT2D eigenvalue weighted by atomic mass is 10.5. The van der Waals surface area contributed by atoms with Crippen LogP contribution in [0.25, 0.3) is 0 Å². The summed E-state index contributed by atoms with van der Waals surface area (Å²) in [6.45, 7) is 1.93. The molecule has 0 saturated carbocycles. The average Bonchev–Trinajstić information content (AvgIpc) is 2.73. The van der Waals surface area contributed by atoms with E-state index in [1.54, 1.807) is 35.5 Å². The first-order valence-electron chi connectivity index (χ1n) is 4.48. The smallest absolute Gasteiger partial charge is 0.174 e. The molecule has 0 radical (unpaired) electrons. The Morgan fingerprint density at radius 1 is 1.38 bits per heavy atom. The zero-order valence-corrected chi connectivity index (χ0v) is 10.2. The van der Waals surface area contributed by atoms with Crippen LogP contribution in [0.15, 0.2) is 16.7 Å². The lowest BCUT2D eigenvalue weighted by molar-refractivity contribution is 0.982. The standard InChI is InChI=1S/C8H10N6S2/c1-5-13-14-8(16-5)15-4-6-2-11-7(12-9)3-10-6/h2-3H,4,9H2,1H3,(H,11,12). The van der Waals surface area contributed by atoms with Crippen molar-refractivity contribution in [3.63, 3.8) is 0 Å². The van der Waals surface area contributed by atoms with E-state index in [2.05, 4.69) is 25.6 Å². The van der Waals surface area contributed by atoms with Gasteiger partial charge in [-0.3, -0.25) is 4.98 Å². The number of aryl methyl sites for hydroxylation is 1. The maximum Gasteiger partial charge on any atom is 0.174 e. The zero-order chi connectivity index (χ0) is 11.4. The summed E-state index contributed by atoms with van der Waals surface area (Å²) in [5, 5.41) is 8.93. The fourth-order valence-corrected chi connectivity index (χ4v) is 2.69. The van der Waals surface area contributed by atoms with Gasteiger partial charge in [-0.2, -0.15) is 0 Å². The Morgan fingerprint density at radius 3 is 2.81 bits per heavy atom. The number of hydrogen-bond donors (Lipinski definition) is 2. The lowest BCUT2D eigenvalue weighted by Crippen LogP contribution is -2.08. The summed E-state index contributed by atoms with van der Waals surface area (Å²) in [4.78, 5) is 8.27. The number of anilines is 1. The SMILES string of the molecule is Cc1nnc(SCc2cnc(NN)cn2)s1. The van der Waals surface area contributed by atoms with Gasteiger partial charge in [0.25, 0.3) is 0 Å². The van der Waals surface area contributed by atoms with Crippen molar-refractivity contribution in [3.8, 4) is 0 Å². The van der Waals surface area contributed by atoms with Gasteiger partial charge in [0.2, 0.25) is 0 Å². The molecule has 16 heavy (non-hydrogen) atoms. The summed E-state index contributed by atoms with van der Waals surface area (Å²) in [6.07, 6.45) is 3.29. The quantitative estimate of drug-likeness (QED) is 0.481. The molecule has 2 aromatic heterocycles. The Balaban J connectivity index is 1.94. The number of rotatable bonds is 4. The van der Waals surface area contributed by atoms with Crippen molar-refractivity contribution in [1.82, 2.24) is 20.2 Å². The molecule has 0 atom stereocenters. The normalized spacial score (nSPS) is 10.4. The van der Waals surface area contributed by atoms with Crippen molar-refractivity contribution in [2.45, 2.75) is 17.0 Å². The van der Waals surface area contributed by atoms with Crippen molar-refractivity contribution < 1.29 is 0 Å². The highest BCUT2D eigenvalue weighted by molar-refractivity contribution is 8.00. The summed E-state index contributed by atoms with van der Waals surface area (Å²) in [5.41, 5.74) is 3.32. The average molecular weight is 254 g/mol. The Bertz CT molecular complexity index is 454. The summed E-state index contributed by atoms with van der Waals surface area (Å²) in [6, 6.07) is 0. The first-order valence-corrected chi connectivity index (χ1v) is 6.28. The summed E-state index contributed by atoms with van der Waals surface area (Å²) >= 11 is 3.17. The molecule has 0 fully saturated rings. The largest absolute Gasteiger partial charge is 0.307 e. The Hall–Kier alpha value is -1.25. The van der Waals surface area contributed by atoms with Gasteiger partial charge in [0, 0.05) is 5.75 Å². The molecular weight excluding hydrogens is 244 g/mol. The molecule has 8 heteroatoms. The minimum absolute atomic E-state index is 0.556. The van der Waals surface area contributed by atoms with Crippen molar-refractivity contribution in [2.75, 3.05) is 5.43 Å². The third kappa shape index (κ3) is 2.87. The highest BCUT2D eigenvalue weighted by Crippen LogP contribution is 2.24. The van der Waals surface area contributed by atoms with E-state index in [1.807, 2.05) is 6.92 Å². The van der Waals surface area contributed by atoms with Crippen molar-refractivity contribution in [1.29, 1.82) is 0 Å². The molecule has 0 amide bonds. The number of nitrogens with one attached hydrogen (secondary N) is 1. The van der Waals surface area contributed by atoms with Crippen molar-refractivity contribution in [2.24, 2.45) is 5.84 Å². The van der Waals surface area contributed by atoms with E-state index in [4.69, 9.17) is 5.84 Å². The number of aromatic nitrogens is 4. The highest BCUT2D eigenvalue weighted by atomic mass is 32.2. The predicted molar refractivity (Wildman–Crippen MR) is 64.0 cm³/mol. The summed E-state index contributed by atoms with van der Waals surface area (Å²) < 4.78 is 0.945. The Morgan fingerprint density at radius 2 is 2.25 bits per heavy atom. The fourth-order valence-electron chi connectivity index (χ4n) is 0.976. The van der Waals surface area contributed by atoms with E-state index in [9.17, 15) is 0 Å². The molecule has 0 aliphatic heterocycles. The third-order valence-corrected chi connectivity index (χ3v) is 3.71. The molecule has 0 aliphatic carbocycles. The van der Waals surface area contributed by atoms with Crippen molar-refractivity contribution >= 4 is 28.9 Å². The van der Waals surface area contributed by atoms with Crippen LogP contribution in [-0.2, 0) is 5.75 Å². The zero-order valence-electron chi connectivity index (χ0n) is 8.54. The minimum Gasteiger partial charge on any atom is -0.307 e. The van der Waals surface area contributed by atoms with Crippen LogP contribution in [0.5, 0.6) is 0 Å². The van der Waals surface area contributed by atoms with Crippen LogP contribution < -0.4 is 11.3 Å². The number of nitrogens with zero attached hydrogens (tertiary/aromatic N) is 4. The molecule has 2 aromatic rings. The first-order chi connectivity index (χ1) is 7.78. The van der Waals surface area contributed by atoms with Gasteiger partial charge in [0.15, 0.2) is 10.2 Å². The number of nitrogen functional groups attached to an aromatic ring is 1. The molecule has 84 valence electrons. The van der Waals surface area contributed by atoms with Gasteiger partial charge in [-0.15, -0.1) is 10.2 Å². The maximum absolute atomic E-state index is 5.19. The molecule has 0 aliphatic rings. The van der Waals surface area contributed by atoms with Gasteiger partial charge in [0.1, 0.15) is 5.01 Å². The van der Waals surface area contributed by atoms with E-state index in [0.29, 0.717) is 5.82 Å². The van der Waals surface area contributed by atoms with Crippen LogP contribution >= 0.6 is 23.1 Å². The number of hydrogen-bond acceptors (Lipinski definition) is 8. The van der Waals surface area contributed by atoms with Crippen LogP contribution in [0.4, 0.5) is 5.82 Å². The summed E-state index contributed by atoms with van der Waals surface area (Å²) in [7, 11) is 0. The Labute approximate surface area is 101 Å². The van der Waals surface area contributed by atoms with E-state index in [1.165, 1.54) is 0 Å². The monoisotopic (exact) mass is 254 g/mol. The van der Waals surface area contributed by atoms with Gasteiger partial charge < -0.3 is 5.43 Å². The second-order valence-corrected chi connectivity index (χ2v) is 5.32. The van der Waals surface area contributed by atoms with Crippen LogP contribution in [-0.4, -0.2) is 20.2 Å². The molecule has 0 saturated heterocycles. The highest BCUT2D eigenvalue weighted by Gasteiger charge is 2.03. The number of hydrazine groups is 1. The van der Waals surface area contributed by atoms with E-state index in [-0.39, 0.29) is 0 Å². The summed E-state index contributed by atoms with van der Waals surface area (Å²) in [5.74, 6) is 6.48. The number of thioether (sulfide) groups is 1. The Kier molecular flexibility index (Phi) is 3.65. The number of nitrogens with two attached hydrogens (primary N) is 1. The second-order valence-electron chi connectivity index (χ2n) is 2.91. The third-order valence-electron chi connectivity index (χ3n) is 1.70. The van der Waals surface area contributed by atoms with E-state index < -0.39 is 0 Å². The minimum atomic E-state index is 0.556. The molecule has 0 unspecified atom stereocenters. The van der Waals surface area contributed by atoms with Crippen LogP contribution in [0.2, 0.25) is 0 Å². The predicted octanol–water partition coefficient (Wildman–Crippen LogP) is 1.21. The maximum atomic E-state index is 5.19. The van der Waals surface area contributed by atoms with Crippen LogP contribution in [0, 0.1) is 6.92 Å². The van der Waals surface area contributed by atoms with E-state index >= 15 is 0 Å². The molecule has 2 heterocycles. The van der Waals surface area contributed by atoms with Crippen LogP contribution in [0.1, 0.15) is 10.7 Å². The molecule has 2 rings (SSSR count). The lowest BCUT2D eigenvalue weighted by Gasteiger charge is -1.99. The van der Waals surface area contributed by atoms with Gasteiger partial charge in [-0.25, -0.2) is 10.8 Å². The molecule has 0 bridgehead atoms. The molecule has 0 spiro atoms. The fraction of sp³-hybridized carbons (Fsp3) is 0.250. The first kappa shape index (κ1) is 11.2. The topological polar surface area (TPSA) is 89.6 Å². The molecule has 3 N–H and O–H groups in total. The molecule has 0 aromatic carbocycles. The van der Waals surface area contributed by atoms with Crippen LogP contribution in [0.3, 0.4) is 0 Å². The molecule has 6 nitrogen and oxygen atoms in total. The van der Waals surface area contributed by atoms with Gasteiger partial charge in [-0.05, 0) is 6.92 Å². The van der Waals surface area contributed by atoms with Gasteiger partial charge in [0.05, 0.1) is 18.1 Å². The van der Waals surface area contributed by atoms with Gasteiger partial charge in [-0.1, -0.05) is 23.1 Å². The van der Waals surface area contributed by atoms with Crippen molar-refractivity contribution in [3.05, 3.63) is 23.1 Å². The van der Waals surface area contributed by atoms with E-state index in [0.717, 1.165) is 20.8 Å². The second kappa shape index (κ2) is 5.19.